The fourth-order valence-corrected chi connectivity index (χ4v) is 4.93. The zero-order valence-corrected chi connectivity index (χ0v) is 18.1. The van der Waals surface area contributed by atoms with Gasteiger partial charge in [-0.25, -0.2) is 12.8 Å². The molecule has 1 aliphatic carbocycles. The van der Waals surface area contributed by atoms with E-state index in [1.807, 2.05) is 0 Å². The molecule has 0 aliphatic heterocycles. The summed E-state index contributed by atoms with van der Waals surface area (Å²) in [5.74, 6) is -1.33. The van der Waals surface area contributed by atoms with Crippen molar-refractivity contribution in [2.45, 2.75) is 43.9 Å². The molecular weight excluding hydrogens is 421 g/mol. The van der Waals surface area contributed by atoms with Gasteiger partial charge in [-0.2, -0.15) is 0 Å². The van der Waals surface area contributed by atoms with Gasteiger partial charge in [0.1, 0.15) is 5.82 Å². The molecule has 0 unspecified atom stereocenters. The van der Waals surface area contributed by atoms with Crippen LogP contribution in [0, 0.1) is 18.7 Å². The first-order chi connectivity index (χ1) is 14.8. The molecule has 1 fully saturated rings. The average molecular weight is 448 g/mol. The van der Waals surface area contributed by atoms with Gasteiger partial charge in [0.2, 0.25) is 11.8 Å². The van der Waals surface area contributed by atoms with Crippen LogP contribution in [-0.4, -0.2) is 26.8 Å². The lowest BCUT2D eigenvalue weighted by Crippen LogP contribution is -2.37. The first-order valence-corrected chi connectivity index (χ1v) is 11.7. The maximum Gasteiger partial charge on any atom is 0.262 e. The molecular formula is C22H26FN3O4S. The normalized spacial score (nSPS) is 14.6. The van der Waals surface area contributed by atoms with Crippen molar-refractivity contribution in [3.05, 3.63) is 53.8 Å². The lowest BCUT2D eigenvalue weighted by molar-refractivity contribution is -0.128. The molecule has 0 spiro atoms. The molecule has 1 aliphatic rings. The van der Waals surface area contributed by atoms with Crippen molar-refractivity contribution in [3.63, 3.8) is 0 Å². The highest BCUT2D eigenvalue weighted by Gasteiger charge is 2.22. The summed E-state index contributed by atoms with van der Waals surface area (Å²) in [4.78, 5) is 24.3. The van der Waals surface area contributed by atoms with Crippen molar-refractivity contribution in [3.8, 4) is 0 Å². The van der Waals surface area contributed by atoms with Crippen molar-refractivity contribution in [2.24, 2.45) is 5.92 Å². The number of aryl methyl sites for hydroxylation is 1. The number of para-hydroxylation sites is 1. The molecule has 7 nitrogen and oxygen atoms in total. The Labute approximate surface area is 181 Å². The van der Waals surface area contributed by atoms with E-state index in [9.17, 15) is 22.4 Å². The van der Waals surface area contributed by atoms with Gasteiger partial charge in [0, 0.05) is 11.6 Å². The molecule has 9 heteroatoms. The number of hydrogen-bond donors (Lipinski definition) is 3. The van der Waals surface area contributed by atoms with Crippen LogP contribution in [-0.2, 0) is 19.6 Å². The summed E-state index contributed by atoms with van der Waals surface area (Å²) < 4.78 is 41.6. The minimum Gasteiger partial charge on any atom is -0.347 e. The minimum atomic E-state index is -4.08. The van der Waals surface area contributed by atoms with Crippen molar-refractivity contribution in [2.75, 3.05) is 16.6 Å². The van der Waals surface area contributed by atoms with Crippen molar-refractivity contribution < 1.29 is 22.4 Å². The van der Waals surface area contributed by atoms with Crippen LogP contribution in [0.1, 0.15) is 37.7 Å². The van der Waals surface area contributed by atoms with Gasteiger partial charge in [-0.05, 0) is 49.6 Å². The van der Waals surface area contributed by atoms with E-state index in [0.29, 0.717) is 5.56 Å². The second-order valence-corrected chi connectivity index (χ2v) is 9.32. The molecule has 166 valence electrons. The second kappa shape index (κ2) is 9.91. The quantitative estimate of drug-likeness (QED) is 0.604. The van der Waals surface area contributed by atoms with E-state index in [0.717, 1.165) is 38.2 Å². The van der Waals surface area contributed by atoms with Crippen LogP contribution in [0.5, 0.6) is 0 Å². The monoisotopic (exact) mass is 447 g/mol. The zero-order chi connectivity index (χ0) is 22.4. The van der Waals surface area contributed by atoms with Crippen molar-refractivity contribution in [1.82, 2.24) is 5.32 Å². The third-order valence-electron chi connectivity index (χ3n) is 5.28. The van der Waals surface area contributed by atoms with Crippen LogP contribution in [0.25, 0.3) is 0 Å². The van der Waals surface area contributed by atoms with Gasteiger partial charge in [0.15, 0.2) is 0 Å². The minimum absolute atomic E-state index is 0.0536. The van der Waals surface area contributed by atoms with Crippen LogP contribution in [0.4, 0.5) is 15.8 Å². The third kappa shape index (κ3) is 6.04. The lowest BCUT2D eigenvalue weighted by Gasteiger charge is -2.20. The summed E-state index contributed by atoms with van der Waals surface area (Å²) in [6.07, 6.45) is 4.84. The Morgan fingerprint density at radius 3 is 2.48 bits per heavy atom. The fraction of sp³-hybridized carbons (Fsp3) is 0.364. The molecule has 0 atom stereocenters. The largest absolute Gasteiger partial charge is 0.347 e. The highest BCUT2D eigenvalue weighted by Crippen LogP contribution is 2.25. The molecule has 2 aromatic carbocycles. The van der Waals surface area contributed by atoms with Crippen LogP contribution in [0.3, 0.4) is 0 Å². The first kappa shape index (κ1) is 22.7. The Morgan fingerprint density at radius 1 is 1.06 bits per heavy atom. The van der Waals surface area contributed by atoms with Gasteiger partial charge in [0.25, 0.3) is 10.0 Å². The summed E-state index contributed by atoms with van der Waals surface area (Å²) >= 11 is 0. The molecule has 0 radical (unpaired) electrons. The number of anilines is 2. The van der Waals surface area contributed by atoms with Gasteiger partial charge < -0.3 is 10.6 Å². The average Bonchev–Trinajstić information content (AvgIpc) is 2.75. The fourth-order valence-electron chi connectivity index (χ4n) is 3.59. The van der Waals surface area contributed by atoms with Gasteiger partial charge >= 0.3 is 0 Å². The van der Waals surface area contributed by atoms with Gasteiger partial charge in [0.05, 0.1) is 17.1 Å². The molecule has 31 heavy (non-hydrogen) atoms. The lowest BCUT2D eigenvalue weighted by atomic mass is 9.89. The maximum absolute atomic E-state index is 13.9. The number of sulfonamides is 1. The molecule has 0 aromatic heterocycles. The van der Waals surface area contributed by atoms with E-state index in [2.05, 4.69) is 15.4 Å². The first-order valence-electron chi connectivity index (χ1n) is 10.2. The van der Waals surface area contributed by atoms with Crippen LogP contribution < -0.4 is 15.4 Å². The van der Waals surface area contributed by atoms with E-state index >= 15 is 0 Å². The molecule has 2 amide bonds. The van der Waals surface area contributed by atoms with Crippen molar-refractivity contribution in [1.29, 1.82) is 0 Å². The summed E-state index contributed by atoms with van der Waals surface area (Å²) in [6, 6.07) is 9.88. The van der Waals surface area contributed by atoms with E-state index < -0.39 is 21.7 Å². The smallest absolute Gasteiger partial charge is 0.262 e. The molecule has 3 N–H and O–H groups in total. The molecule has 0 bridgehead atoms. The predicted octanol–water partition coefficient (Wildman–Crippen LogP) is 3.57. The number of amides is 2. The summed E-state index contributed by atoms with van der Waals surface area (Å²) in [5, 5.41) is 5.24. The van der Waals surface area contributed by atoms with E-state index in [1.165, 1.54) is 24.3 Å². The number of halogens is 1. The number of carbonyl (C=O) groups excluding carboxylic acids is 2. The van der Waals surface area contributed by atoms with Gasteiger partial charge in [-0.1, -0.05) is 37.5 Å². The highest BCUT2D eigenvalue weighted by atomic mass is 32.2. The topological polar surface area (TPSA) is 104 Å². The number of nitrogens with one attached hydrogen (secondary N) is 3. The standard InChI is InChI=1S/C22H26FN3O4S/c1-15-11-12-17(25-21(27)14-24-22(28)16-7-3-2-4-8-16)13-20(15)31(29,30)26-19-10-6-5-9-18(19)23/h5-6,9-13,16,26H,2-4,7-8,14H2,1H3,(H,24,28)(H,25,27). The number of hydrogen-bond acceptors (Lipinski definition) is 4. The Hall–Kier alpha value is -2.94. The zero-order valence-electron chi connectivity index (χ0n) is 17.3. The number of rotatable bonds is 7. The summed E-state index contributed by atoms with van der Waals surface area (Å²) in [7, 11) is -4.08. The van der Waals surface area contributed by atoms with E-state index in [4.69, 9.17) is 0 Å². The SMILES string of the molecule is Cc1ccc(NC(=O)CNC(=O)C2CCCCC2)cc1S(=O)(=O)Nc1ccccc1F. The predicted molar refractivity (Wildman–Crippen MR) is 117 cm³/mol. The van der Waals surface area contributed by atoms with E-state index in [1.54, 1.807) is 19.1 Å². The summed E-state index contributed by atoms with van der Waals surface area (Å²) in [5.41, 5.74) is 0.533. The molecule has 1 saturated carbocycles. The number of benzene rings is 2. The number of carbonyl (C=O) groups is 2. The van der Waals surface area contributed by atoms with Crippen LogP contribution in [0.15, 0.2) is 47.4 Å². The van der Waals surface area contributed by atoms with Crippen LogP contribution in [0.2, 0.25) is 0 Å². The van der Waals surface area contributed by atoms with Crippen molar-refractivity contribution >= 4 is 33.2 Å². The van der Waals surface area contributed by atoms with Gasteiger partial charge in [-0.3, -0.25) is 14.3 Å². The summed E-state index contributed by atoms with van der Waals surface area (Å²) in [6.45, 7) is 1.41. The third-order valence-corrected chi connectivity index (χ3v) is 6.79. The Morgan fingerprint density at radius 2 is 1.77 bits per heavy atom. The van der Waals surface area contributed by atoms with Gasteiger partial charge in [-0.15, -0.1) is 0 Å². The molecule has 3 rings (SSSR count). The molecule has 0 heterocycles. The Balaban J connectivity index is 1.65. The maximum atomic E-state index is 13.9. The molecule has 0 saturated heterocycles. The molecule has 2 aromatic rings. The highest BCUT2D eigenvalue weighted by molar-refractivity contribution is 7.92. The second-order valence-electron chi connectivity index (χ2n) is 7.67. The van der Waals surface area contributed by atoms with Crippen LogP contribution >= 0.6 is 0 Å². The van der Waals surface area contributed by atoms with E-state index in [-0.39, 0.29) is 34.6 Å². The Bertz CT molecular complexity index is 1070. The Kier molecular flexibility index (Phi) is 7.27.